The maximum atomic E-state index is 13.4. The van der Waals surface area contributed by atoms with Crippen LogP contribution in [0.15, 0.2) is 18.2 Å². The summed E-state index contributed by atoms with van der Waals surface area (Å²) in [7, 11) is 0. The fraction of sp³-hybridized carbons (Fsp3) is 0.579. The lowest BCUT2D eigenvalue weighted by molar-refractivity contribution is -0.147. The molecule has 2 heterocycles. The molecule has 28 heavy (non-hydrogen) atoms. The molecule has 0 bridgehead atoms. The predicted molar refractivity (Wildman–Crippen MR) is 99.0 cm³/mol. The molecule has 3 rings (SSSR count). The molecule has 1 atom stereocenters. The first kappa shape index (κ1) is 20.6. The Bertz CT molecular complexity index is 828. The van der Waals surface area contributed by atoms with Crippen molar-refractivity contribution in [3.05, 3.63) is 29.6 Å². The van der Waals surface area contributed by atoms with E-state index in [4.69, 9.17) is 4.74 Å². The SMILES string of the molecule is Cc1ccc2nc(C(F)(F)F)n(CC(=O)N[C@H](C)CCN3CCOCC3)c2c1. The molecule has 0 radical (unpaired) electrons. The van der Waals surface area contributed by atoms with Gasteiger partial charge in [0.2, 0.25) is 11.7 Å². The maximum absolute atomic E-state index is 13.4. The highest BCUT2D eigenvalue weighted by atomic mass is 19.4. The van der Waals surface area contributed by atoms with Gasteiger partial charge in [0, 0.05) is 25.7 Å². The Morgan fingerprint density at radius 1 is 1.32 bits per heavy atom. The molecule has 0 saturated carbocycles. The molecule has 1 saturated heterocycles. The molecule has 0 unspecified atom stereocenters. The van der Waals surface area contributed by atoms with Crippen molar-refractivity contribution < 1.29 is 22.7 Å². The second-order valence-electron chi connectivity index (χ2n) is 7.22. The molecule has 0 aliphatic carbocycles. The van der Waals surface area contributed by atoms with E-state index >= 15 is 0 Å². The van der Waals surface area contributed by atoms with Crippen molar-refractivity contribution in [2.45, 2.75) is 39.0 Å². The molecule has 154 valence electrons. The van der Waals surface area contributed by atoms with Crippen LogP contribution in [0, 0.1) is 6.92 Å². The number of halogens is 3. The zero-order valence-corrected chi connectivity index (χ0v) is 16.1. The van der Waals surface area contributed by atoms with Gasteiger partial charge in [-0.05, 0) is 38.0 Å². The molecule has 1 fully saturated rings. The standard InChI is InChI=1S/C19H25F3N4O2/c1-13-3-4-15-16(11-13)26(18(24-15)19(20,21)22)12-17(27)23-14(2)5-6-25-7-9-28-10-8-25/h3-4,11,14H,5-10,12H2,1-2H3,(H,23,27)/t14-/m1/s1. The smallest absolute Gasteiger partial charge is 0.379 e. The van der Waals surface area contributed by atoms with Gasteiger partial charge in [-0.25, -0.2) is 4.98 Å². The number of benzene rings is 1. The Balaban J connectivity index is 1.67. The number of amides is 1. The third kappa shape index (κ3) is 5.02. The highest BCUT2D eigenvalue weighted by molar-refractivity contribution is 5.81. The van der Waals surface area contributed by atoms with Crippen LogP contribution in [0.4, 0.5) is 13.2 Å². The van der Waals surface area contributed by atoms with Gasteiger partial charge in [0.15, 0.2) is 0 Å². The van der Waals surface area contributed by atoms with E-state index in [-0.39, 0.29) is 11.6 Å². The fourth-order valence-corrected chi connectivity index (χ4v) is 3.35. The molecule has 1 aliphatic heterocycles. The number of carbonyl (C=O) groups excluding carboxylic acids is 1. The summed E-state index contributed by atoms with van der Waals surface area (Å²) in [6.45, 7) is 7.16. The summed E-state index contributed by atoms with van der Waals surface area (Å²) < 4.78 is 46.4. The number of morpholine rings is 1. The fourth-order valence-electron chi connectivity index (χ4n) is 3.35. The second kappa shape index (κ2) is 8.48. The van der Waals surface area contributed by atoms with E-state index in [2.05, 4.69) is 15.2 Å². The molecule has 2 aromatic rings. The van der Waals surface area contributed by atoms with Crippen LogP contribution in [-0.4, -0.2) is 59.2 Å². The van der Waals surface area contributed by atoms with E-state index in [1.807, 2.05) is 6.92 Å². The first-order valence-corrected chi connectivity index (χ1v) is 9.37. The number of rotatable bonds is 6. The van der Waals surface area contributed by atoms with Crippen molar-refractivity contribution in [2.75, 3.05) is 32.8 Å². The number of nitrogens with one attached hydrogen (secondary N) is 1. The largest absolute Gasteiger partial charge is 0.449 e. The minimum Gasteiger partial charge on any atom is -0.379 e. The zero-order chi connectivity index (χ0) is 20.3. The summed E-state index contributed by atoms with van der Waals surface area (Å²) >= 11 is 0. The van der Waals surface area contributed by atoms with Crippen LogP contribution in [0.1, 0.15) is 24.7 Å². The number of hydrogen-bond acceptors (Lipinski definition) is 4. The number of aromatic nitrogens is 2. The quantitative estimate of drug-likeness (QED) is 0.813. The topological polar surface area (TPSA) is 59.4 Å². The van der Waals surface area contributed by atoms with E-state index in [0.29, 0.717) is 18.7 Å². The molecule has 1 N–H and O–H groups in total. The zero-order valence-electron chi connectivity index (χ0n) is 16.1. The average Bonchev–Trinajstić information content (AvgIpc) is 2.99. The number of imidazole rings is 1. The van der Waals surface area contributed by atoms with Gasteiger partial charge in [0.05, 0.1) is 24.2 Å². The second-order valence-corrected chi connectivity index (χ2v) is 7.22. The van der Waals surface area contributed by atoms with Crippen LogP contribution in [0.2, 0.25) is 0 Å². The number of nitrogens with zero attached hydrogens (tertiary/aromatic N) is 3. The number of aryl methyl sites for hydroxylation is 1. The average molecular weight is 398 g/mol. The maximum Gasteiger partial charge on any atom is 0.449 e. The Labute approximate surface area is 161 Å². The lowest BCUT2D eigenvalue weighted by Crippen LogP contribution is -2.41. The third-order valence-electron chi connectivity index (χ3n) is 4.85. The van der Waals surface area contributed by atoms with Crippen LogP contribution < -0.4 is 5.32 Å². The van der Waals surface area contributed by atoms with Crippen molar-refractivity contribution in [1.29, 1.82) is 0 Å². The van der Waals surface area contributed by atoms with Crippen LogP contribution in [0.3, 0.4) is 0 Å². The number of ether oxygens (including phenoxy) is 1. The molecular weight excluding hydrogens is 373 g/mol. The van der Waals surface area contributed by atoms with Gasteiger partial charge >= 0.3 is 6.18 Å². The van der Waals surface area contributed by atoms with Crippen molar-refractivity contribution in [3.63, 3.8) is 0 Å². The van der Waals surface area contributed by atoms with Gasteiger partial charge < -0.3 is 14.6 Å². The summed E-state index contributed by atoms with van der Waals surface area (Å²) in [5.41, 5.74) is 1.34. The van der Waals surface area contributed by atoms with E-state index < -0.39 is 24.5 Å². The number of fused-ring (bicyclic) bond motifs is 1. The molecule has 1 aliphatic rings. The number of alkyl halides is 3. The van der Waals surface area contributed by atoms with Gasteiger partial charge in [-0.1, -0.05) is 6.07 Å². The minimum absolute atomic E-state index is 0.138. The molecular formula is C19H25F3N4O2. The number of carbonyl (C=O) groups is 1. The Morgan fingerprint density at radius 3 is 2.71 bits per heavy atom. The lowest BCUT2D eigenvalue weighted by atomic mass is 10.2. The molecule has 1 aromatic heterocycles. The first-order valence-electron chi connectivity index (χ1n) is 9.37. The van der Waals surface area contributed by atoms with Crippen molar-refractivity contribution in [1.82, 2.24) is 19.8 Å². The van der Waals surface area contributed by atoms with E-state index in [1.54, 1.807) is 25.1 Å². The summed E-state index contributed by atoms with van der Waals surface area (Å²) in [6, 6.07) is 4.72. The molecule has 1 amide bonds. The van der Waals surface area contributed by atoms with Crippen LogP contribution in [0.5, 0.6) is 0 Å². The van der Waals surface area contributed by atoms with Crippen molar-refractivity contribution in [3.8, 4) is 0 Å². The lowest BCUT2D eigenvalue weighted by Gasteiger charge is -2.27. The Morgan fingerprint density at radius 2 is 2.04 bits per heavy atom. The summed E-state index contributed by atoms with van der Waals surface area (Å²) in [5.74, 6) is -1.51. The molecule has 9 heteroatoms. The summed E-state index contributed by atoms with van der Waals surface area (Å²) in [6.07, 6.45) is -3.91. The van der Waals surface area contributed by atoms with Crippen molar-refractivity contribution in [2.24, 2.45) is 0 Å². The monoisotopic (exact) mass is 398 g/mol. The molecule has 1 aromatic carbocycles. The normalized spacial score (nSPS) is 17.0. The Hall–Kier alpha value is -2.13. The van der Waals surface area contributed by atoms with Gasteiger partial charge in [-0.2, -0.15) is 13.2 Å². The molecule has 0 spiro atoms. The van der Waals surface area contributed by atoms with Crippen LogP contribution >= 0.6 is 0 Å². The summed E-state index contributed by atoms with van der Waals surface area (Å²) in [5, 5.41) is 2.80. The highest BCUT2D eigenvalue weighted by Gasteiger charge is 2.38. The Kier molecular flexibility index (Phi) is 6.24. The molecule has 6 nitrogen and oxygen atoms in total. The van der Waals surface area contributed by atoms with E-state index in [9.17, 15) is 18.0 Å². The van der Waals surface area contributed by atoms with Gasteiger partial charge in [-0.3, -0.25) is 9.69 Å². The van der Waals surface area contributed by atoms with Crippen LogP contribution in [-0.2, 0) is 22.3 Å². The predicted octanol–water partition coefficient (Wildman–Crippen LogP) is 2.59. The van der Waals surface area contributed by atoms with Gasteiger partial charge in [-0.15, -0.1) is 0 Å². The van der Waals surface area contributed by atoms with Gasteiger partial charge in [0.1, 0.15) is 6.54 Å². The van der Waals surface area contributed by atoms with E-state index in [1.165, 1.54) is 0 Å². The van der Waals surface area contributed by atoms with E-state index in [0.717, 1.165) is 36.2 Å². The van der Waals surface area contributed by atoms with Gasteiger partial charge in [0.25, 0.3) is 0 Å². The number of hydrogen-bond donors (Lipinski definition) is 1. The summed E-state index contributed by atoms with van der Waals surface area (Å²) in [4.78, 5) is 18.4. The third-order valence-corrected chi connectivity index (χ3v) is 4.85. The van der Waals surface area contributed by atoms with Crippen molar-refractivity contribution >= 4 is 16.9 Å². The minimum atomic E-state index is -4.63. The highest BCUT2D eigenvalue weighted by Crippen LogP contribution is 2.31. The first-order chi connectivity index (χ1) is 13.2. The van der Waals surface area contributed by atoms with Crippen LogP contribution in [0.25, 0.3) is 11.0 Å².